The minimum atomic E-state index is 0.989. The maximum absolute atomic E-state index is 5.37. The zero-order valence-electron chi connectivity index (χ0n) is 8.53. The molecule has 2 rings (SSSR count). The molecule has 0 atom stereocenters. The molecular formula is C12H12S3. The standard InChI is InChI=1S/C12H12S3/c1-2-11-10(12(13)15-14-11)8-9-6-4-3-5-7-9/h3-7H,2,8H2,1H3. The molecule has 2 aromatic rings. The molecule has 1 heterocycles. The summed E-state index contributed by atoms with van der Waals surface area (Å²) in [5.74, 6) is 0. The van der Waals surface area contributed by atoms with Crippen LogP contribution >= 0.6 is 32.9 Å². The van der Waals surface area contributed by atoms with E-state index in [1.807, 2.05) is 10.3 Å². The van der Waals surface area contributed by atoms with Gasteiger partial charge in [-0.05, 0) is 17.5 Å². The van der Waals surface area contributed by atoms with Crippen molar-refractivity contribution in [1.29, 1.82) is 0 Å². The second-order valence-electron chi connectivity index (χ2n) is 3.37. The Morgan fingerprint density at radius 2 is 1.87 bits per heavy atom. The Morgan fingerprint density at radius 1 is 1.13 bits per heavy atom. The van der Waals surface area contributed by atoms with Crippen LogP contribution in [0.4, 0.5) is 0 Å². The molecule has 0 aliphatic carbocycles. The monoisotopic (exact) mass is 252 g/mol. The summed E-state index contributed by atoms with van der Waals surface area (Å²) in [4.78, 5) is 1.45. The van der Waals surface area contributed by atoms with Gasteiger partial charge in [0.2, 0.25) is 0 Å². The number of benzene rings is 1. The Labute approximate surface area is 103 Å². The van der Waals surface area contributed by atoms with Crippen molar-refractivity contribution in [2.75, 3.05) is 0 Å². The molecule has 0 aliphatic heterocycles. The van der Waals surface area contributed by atoms with Crippen LogP contribution in [0, 0.1) is 3.82 Å². The van der Waals surface area contributed by atoms with Crippen LogP contribution in [-0.4, -0.2) is 0 Å². The Kier molecular flexibility index (Phi) is 3.67. The zero-order valence-corrected chi connectivity index (χ0v) is 11.0. The SMILES string of the molecule is CCc1ssc(=S)c1Cc1ccccc1. The molecule has 0 spiro atoms. The van der Waals surface area contributed by atoms with Crippen LogP contribution in [0.15, 0.2) is 30.3 Å². The lowest BCUT2D eigenvalue weighted by molar-refractivity contribution is 1.10. The molecule has 0 nitrogen and oxygen atoms in total. The van der Waals surface area contributed by atoms with Crippen molar-refractivity contribution in [1.82, 2.24) is 0 Å². The van der Waals surface area contributed by atoms with Gasteiger partial charge in [-0.15, -0.1) is 0 Å². The first kappa shape index (κ1) is 11.0. The lowest BCUT2D eigenvalue weighted by Crippen LogP contribution is -1.90. The van der Waals surface area contributed by atoms with Crippen molar-refractivity contribution in [3.63, 3.8) is 0 Å². The topological polar surface area (TPSA) is 0 Å². The molecular weight excluding hydrogens is 240 g/mol. The molecule has 3 heteroatoms. The first-order valence-corrected chi connectivity index (χ1v) is 7.52. The summed E-state index contributed by atoms with van der Waals surface area (Å²) in [5, 5.41) is 0. The molecule has 0 bridgehead atoms. The number of hydrogen-bond acceptors (Lipinski definition) is 3. The van der Waals surface area contributed by atoms with E-state index in [2.05, 4.69) is 37.3 Å². The van der Waals surface area contributed by atoms with Gasteiger partial charge in [-0.3, -0.25) is 0 Å². The van der Waals surface area contributed by atoms with Gasteiger partial charge in [0.25, 0.3) is 0 Å². The Hall–Kier alpha value is -0.510. The number of hydrogen-bond donors (Lipinski definition) is 0. The second kappa shape index (κ2) is 5.01. The minimum Gasteiger partial charge on any atom is -0.0834 e. The van der Waals surface area contributed by atoms with Gasteiger partial charge < -0.3 is 0 Å². The summed E-state index contributed by atoms with van der Waals surface area (Å²) in [7, 11) is 3.56. The van der Waals surface area contributed by atoms with Crippen LogP contribution in [0.1, 0.15) is 22.9 Å². The predicted molar refractivity (Wildman–Crippen MR) is 71.7 cm³/mol. The van der Waals surface area contributed by atoms with Crippen LogP contribution in [0.3, 0.4) is 0 Å². The number of rotatable bonds is 3. The van der Waals surface area contributed by atoms with Gasteiger partial charge in [-0.2, -0.15) is 0 Å². The molecule has 0 fully saturated rings. The molecule has 1 aromatic carbocycles. The van der Waals surface area contributed by atoms with Crippen molar-refractivity contribution in [3.8, 4) is 0 Å². The van der Waals surface area contributed by atoms with E-state index in [0.29, 0.717) is 0 Å². The molecule has 0 aliphatic rings. The van der Waals surface area contributed by atoms with Crippen molar-refractivity contribution < 1.29 is 0 Å². The lowest BCUT2D eigenvalue weighted by atomic mass is 10.1. The van der Waals surface area contributed by atoms with Gasteiger partial charge in [0.1, 0.15) is 3.82 Å². The fourth-order valence-corrected chi connectivity index (χ4v) is 4.53. The van der Waals surface area contributed by atoms with E-state index in [4.69, 9.17) is 12.2 Å². The first-order chi connectivity index (χ1) is 7.31. The van der Waals surface area contributed by atoms with E-state index in [9.17, 15) is 0 Å². The fraction of sp³-hybridized carbons (Fsp3) is 0.250. The van der Waals surface area contributed by atoms with E-state index in [1.165, 1.54) is 16.0 Å². The van der Waals surface area contributed by atoms with Gasteiger partial charge in [0, 0.05) is 11.3 Å². The molecule has 0 unspecified atom stereocenters. The fourth-order valence-electron chi connectivity index (χ4n) is 1.55. The van der Waals surface area contributed by atoms with Crippen LogP contribution in [0.25, 0.3) is 0 Å². The molecule has 0 radical (unpaired) electrons. The highest BCUT2D eigenvalue weighted by Gasteiger charge is 2.06. The van der Waals surface area contributed by atoms with Crippen LogP contribution in [-0.2, 0) is 12.8 Å². The third kappa shape index (κ3) is 2.54. The van der Waals surface area contributed by atoms with Crippen LogP contribution in [0.2, 0.25) is 0 Å². The van der Waals surface area contributed by atoms with Crippen molar-refractivity contribution in [2.45, 2.75) is 19.8 Å². The summed E-state index contributed by atoms with van der Waals surface area (Å²) in [6.45, 7) is 2.20. The van der Waals surface area contributed by atoms with Crippen molar-refractivity contribution >= 4 is 32.9 Å². The average molecular weight is 252 g/mol. The van der Waals surface area contributed by atoms with Crippen LogP contribution < -0.4 is 0 Å². The largest absolute Gasteiger partial charge is 0.105 e. The molecule has 78 valence electrons. The average Bonchev–Trinajstić information content (AvgIpc) is 2.62. The summed E-state index contributed by atoms with van der Waals surface area (Å²) < 4.78 is 1.07. The summed E-state index contributed by atoms with van der Waals surface area (Å²) >= 11 is 5.37. The van der Waals surface area contributed by atoms with E-state index < -0.39 is 0 Å². The summed E-state index contributed by atoms with van der Waals surface area (Å²) in [6, 6.07) is 10.5. The molecule has 1 aromatic heterocycles. The van der Waals surface area contributed by atoms with Crippen LogP contribution in [0.5, 0.6) is 0 Å². The highest BCUT2D eigenvalue weighted by molar-refractivity contribution is 7.79. The van der Waals surface area contributed by atoms with E-state index in [1.54, 1.807) is 10.3 Å². The molecule has 0 N–H and O–H groups in total. The molecule has 0 amide bonds. The van der Waals surface area contributed by atoms with Gasteiger partial charge in [-0.25, -0.2) is 0 Å². The van der Waals surface area contributed by atoms with E-state index in [-0.39, 0.29) is 0 Å². The second-order valence-corrected chi connectivity index (χ2v) is 6.27. The number of aryl methyl sites for hydroxylation is 1. The maximum atomic E-state index is 5.37. The maximum Gasteiger partial charge on any atom is 0.105 e. The van der Waals surface area contributed by atoms with E-state index in [0.717, 1.165) is 16.7 Å². The van der Waals surface area contributed by atoms with Gasteiger partial charge in [0.15, 0.2) is 0 Å². The van der Waals surface area contributed by atoms with Crippen molar-refractivity contribution in [2.24, 2.45) is 0 Å². The van der Waals surface area contributed by atoms with Gasteiger partial charge in [-0.1, -0.05) is 70.2 Å². The smallest absolute Gasteiger partial charge is 0.0834 e. The Morgan fingerprint density at radius 3 is 2.53 bits per heavy atom. The molecule has 0 saturated carbocycles. The quantitative estimate of drug-likeness (QED) is 0.564. The van der Waals surface area contributed by atoms with Gasteiger partial charge in [0.05, 0.1) is 0 Å². The van der Waals surface area contributed by atoms with Gasteiger partial charge >= 0.3 is 0 Å². The molecule has 0 saturated heterocycles. The highest BCUT2D eigenvalue weighted by atomic mass is 32.9. The summed E-state index contributed by atoms with van der Waals surface area (Å²) in [5.41, 5.74) is 2.72. The predicted octanol–water partition coefficient (Wildman–Crippen LogP) is 4.69. The lowest BCUT2D eigenvalue weighted by Gasteiger charge is -2.00. The minimum absolute atomic E-state index is 0.989. The first-order valence-electron chi connectivity index (χ1n) is 4.96. The Balaban J connectivity index is 2.32. The normalized spacial score (nSPS) is 10.5. The van der Waals surface area contributed by atoms with Crippen molar-refractivity contribution in [3.05, 3.63) is 50.2 Å². The Bertz CT molecular complexity index is 479. The molecule has 15 heavy (non-hydrogen) atoms. The van der Waals surface area contributed by atoms with E-state index >= 15 is 0 Å². The summed E-state index contributed by atoms with van der Waals surface area (Å²) in [6.07, 6.45) is 2.09. The highest BCUT2D eigenvalue weighted by Crippen LogP contribution is 2.27. The third-order valence-corrected chi connectivity index (χ3v) is 5.73. The third-order valence-electron chi connectivity index (χ3n) is 2.35. The zero-order chi connectivity index (χ0) is 10.7.